The number of benzene rings is 2. The molecule has 0 aliphatic carbocycles. The van der Waals surface area contributed by atoms with Gasteiger partial charge in [-0.15, -0.1) is 0 Å². The van der Waals surface area contributed by atoms with Gasteiger partial charge in [0.05, 0.1) is 12.6 Å². The highest BCUT2D eigenvalue weighted by Crippen LogP contribution is 2.32. The van der Waals surface area contributed by atoms with Crippen molar-refractivity contribution in [3.05, 3.63) is 64.9 Å². The van der Waals surface area contributed by atoms with Gasteiger partial charge in [0.1, 0.15) is 5.82 Å². The molecule has 1 aliphatic heterocycles. The minimum Gasteiger partial charge on any atom is -0.369 e. The maximum atomic E-state index is 13.0. The molecule has 1 unspecified atom stereocenters. The van der Waals surface area contributed by atoms with Crippen LogP contribution < -0.4 is 10.6 Å². The summed E-state index contributed by atoms with van der Waals surface area (Å²) in [4.78, 5) is 6.20. The van der Waals surface area contributed by atoms with Crippen LogP contribution in [0.3, 0.4) is 0 Å². The van der Waals surface area contributed by atoms with E-state index in [4.69, 9.17) is 17.3 Å². The molecule has 2 N–H and O–H groups in total. The van der Waals surface area contributed by atoms with Crippen molar-refractivity contribution in [1.82, 2.24) is 0 Å². The van der Waals surface area contributed by atoms with Crippen LogP contribution in [-0.2, 0) is 0 Å². The Morgan fingerprint density at radius 1 is 1.20 bits per heavy atom. The third-order valence-electron chi connectivity index (χ3n) is 3.33. The summed E-state index contributed by atoms with van der Waals surface area (Å²) < 4.78 is 13.0. The van der Waals surface area contributed by atoms with E-state index >= 15 is 0 Å². The monoisotopic (exact) mass is 289 g/mol. The Kier molecular flexibility index (Phi) is 3.32. The molecule has 0 amide bonds. The summed E-state index contributed by atoms with van der Waals surface area (Å²) in [6.45, 7) is 0.546. The second-order valence-corrected chi connectivity index (χ2v) is 5.05. The summed E-state index contributed by atoms with van der Waals surface area (Å²) in [5, 5.41) is 0.639. The number of hydrogen-bond donors (Lipinski definition) is 1. The molecule has 0 saturated carbocycles. The van der Waals surface area contributed by atoms with Gasteiger partial charge in [0, 0.05) is 10.7 Å². The molecule has 1 aliphatic rings. The molecule has 20 heavy (non-hydrogen) atoms. The summed E-state index contributed by atoms with van der Waals surface area (Å²) in [5.41, 5.74) is 7.83. The minimum absolute atomic E-state index is 0.0333. The Morgan fingerprint density at radius 3 is 2.65 bits per heavy atom. The predicted octanol–water partition coefficient (Wildman–Crippen LogP) is 3.36. The van der Waals surface area contributed by atoms with Crippen molar-refractivity contribution in [2.75, 3.05) is 11.4 Å². The second-order valence-electron chi connectivity index (χ2n) is 4.62. The van der Waals surface area contributed by atoms with Crippen molar-refractivity contribution in [3.63, 3.8) is 0 Å². The Hall–Kier alpha value is -2.07. The normalized spacial score (nSPS) is 18.2. The number of anilines is 1. The molecule has 0 spiro atoms. The molecule has 0 radical (unpaired) electrons. The van der Waals surface area contributed by atoms with Crippen LogP contribution in [0, 0.1) is 5.82 Å². The number of guanidine groups is 1. The van der Waals surface area contributed by atoms with E-state index in [9.17, 15) is 4.39 Å². The third kappa shape index (κ3) is 2.34. The fraction of sp³-hybridized carbons (Fsp3) is 0.133. The standard InChI is InChI=1S/C15H13ClFN3/c16-11-2-1-3-13(8-11)20-14(9-19-15(20)18)10-4-6-12(17)7-5-10/h1-8,14H,9H2,(H2,18,19). The van der Waals surface area contributed by atoms with Crippen LogP contribution in [0.5, 0.6) is 0 Å². The summed E-state index contributed by atoms with van der Waals surface area (Å²) in [6.07, 6.45) is 0. The quantitative estimate of drug-likeness (QED) is 0.921. The molecule has 0 saturated heterocycles. The molecule has 0 fully saturated rings. The molecule has 0 aromatic heterocycles. The van der Waals surface area contributed by atoms with Gasteiger partial charge in [-0.1, -0.05) is 29.8 Å². The predicted molar refractivity (Wildman–Crippen MR) is 79.6 cm³/mol. The topological polar surface area (TPSA) is 41.6 Å². The largest absolute Gasteiger partial charge is 0.369 e. The maximum absolute atomic E-state index is 13.0. The summed E-state index contributed by atoms with van der Waals surface area (Å²) >= 11 is 6.03. The van der Waals surface area contributed by atoms with Gasteiger partial charge < -0.3 is 10.6 Å². The Labute approximate surface area is 121 Å². The molecule has 1 heterocycles. The molecular weight excluding hydrogens is 277 g/mol. The Balaban J connectivity index is 1.98. The van der Waals surface area contributed by atoms with Gasteiger partial charge in [-0.05, 0) is 35.9 Å². The maximum Gasteiger partial charge on any atom is 0.196 e. The minimum atomic E-state index is -0.255. The van der Waals surface area contributed by atoms with Gasteiger partial charge in [0.2, 0.25) is 0 Å². The van der Waals surface area contributed by atoms with E-state index < -0.39 is 0 Å². The summed E-state index contributed by atoms with van der Waals surface area (Å²) in [5.74, 6) is 0.191. The van der Waals surface area contributed by atoms with Crippen molar-refractivity contribution in [1.29, 1.82) is 0 Å². The third-order valence-corrected chi connectivity index (χ3v) is 3.56. The van der Waals surface area contributed by atoms with Crippen LogP contribution >= 0.6 is 11.6 Å². The number of nitrogens with two attached hydrogens (primary N) is 1. The highest BCUT2D eigenvalue weighted by atomic mass is 35.5. The molecule has 1 atom stereocenters. The van der Waals surface area contributed by atoms with Crippen LogP contribution in [0.4, 0.5) is 10.1 Å². The lowest BCUT2D eigenvalue weighted by molar-refractivity contribution is 0.625. The highest BCUT2D eigenvalue weighted by Gasteiger charge is 2.28. The molecule has 2 aromatic rings. The first-order chi connectivity index (χ1) is 9.65. The number of hydrogen-bond acceptors (Lipinski definition) is 3. The number of halogens is 2. The van der Waals surface area contributed by atoms with E-state index in [-0.39, 0.29) is 11.9 Å². The zero-order chi connectivity index (χ0) is 14.1. The SMILES string of the molecule is NC1=NCC(c2ccc(F)cc2)N1c1cccc(Cl)c1. The van der Waals surface area contributed by atoms with Crippen molar-refractivity contribution in [2.24, 2.45) is 10.7 Å². The van der Waals surface area contributed by atoms with E-state index in [1.165, 1.54) is 12.1 Å². The molecule has 0 bridgehead atoms. The highest BCUT2D eigenvalue weighted by molar-refractivity contribution is 6.30. The fourth-order valence-electron chi connectivity index (χ4n) is 2.38. The van der Waals surface area contributed by atoms with Crippen LogP contribution in [0.15, 0.2) is 53.5 Å². The number of nitrogens with zero attached hydrogens (tertiary/aromatic N) is 2. The summed E-state index contributed by atoms with van der Waals surface area (Å²) in [6, 6.07) is 13.8. The average Bonchev–Trinajstić information content (AvgIpc) is 2.81. The zero-order valence-electron chi connectivity index (χ0n) is 10.6. The van der Waals surface area contributed by atoms with Gasteiger partial charge in [0.25, 0.3) is 0 Å². The van der Waals surface area contributed by atoms with Crippen molar-refractivity contribution in [2.45, 2.75) is 6.04 Å². The van der Waals surface area contributed by atoms with Crippen LogP contribution in [0.25, 0.3) is 0 Å². The van der Waals surface area contributed by atoms with Gasteiger partial charge in [-0.2, -0.15) is 0 Å². The van der Waals surface area contributed by atoms with E-state index in [1.54, 1.807) is 18.2 Å². The van der Waals surface area contributed by atoms with Gasteiger partial charge >= 0.3 is 0 Å². The van der Waals surface area contributed by atoms with Gasteiger partial charge in [-0.3, -0.25) is 4.99 Å². The fourth-order valence-corrected chi connectivity index (χ4v) is 2.56. The van der Waals surface area contributed by atoms with Crippen LogP contribution in [0.1, 0.15) is 11.6 Å². The summed E-state index contributed by atoms with van der Waals surface area (Å²) in [7, 11) is 0. The van der Waals surface area contributed by atoms with Crippen molar-refractivity contribution >= 4 is 23.2 Å². The lowest BCUT2D eigenvalue weighted by Gasteiger charge is -2.26. The van der Waals surface area contributed by atoms with Crippen molar-refractivity contribution < 1.29 is 4.39 Å². The van der Waals surface area contributed by atoms with Crippen molar-refractivity contribution in [3.8, 4) is 0 Å². The second kappa shape index (κ2) is 5.13. The Morgan fingerprint density at radius 2 is 1.95 bits per heavy atom. The Bertz CT molecular complexity index is 654. The number of rotatable bonds is 2. The molecule has 2 aromatic carbocycles. The smallest absolute Gasteiger partial charge is 0.196 e. The van der Waals surface area contributed by atoms with E-state index in [0.717, 1.165) is 11.3 Å². The molecule has 3 rings (SSSR count). The first-order valence-electron chi connectivity index (χ1n) is 6.25. The lowest BCUT2D eigenvalue weighted by atomic mass is 10.1. The van der Waals surface area contributed by atoms with Crippen LogP contribution in [0.2, 0.25) is 5.02 Å². The van der Waals surface area contributed by atoms with Gasteiger partial charge in [0.15, 0.2) is 5.96 Å². The van der Waals surface area contributed by atoms with E-state index in [2.05, 4.69) is 4.99 Å². The van der Waals surface area contributed by atoms with Gasteiger partial charge in [-0.25, -0.2) is 4.39 Å². The number of aliphatic imine (C=N–C) groups is 1. The zero-order valence-corrected chi connectivity index (χ0v) is 11.4. The van der Waals surface area contributed by atoms with Crippen LogP contribution in [-0.4, -0.2) is 12.5 Å². The average molecular weight is 290 g/mol. The first-order valence-corrected chi connectivity index (χ1v) is 6.63. The molecule has 3 nitrogen and oxygen atoms in total. The molecular formula is C15H13ClFN3. The lowest BCUT2D eigenvalue weighted by Crippen LogP contribution is -2.36. The first kappa shape index (κ1) is 12.9. The molecule has 5 heteroatoms. The van der Waals surface area contributed by atoms with E-state index in [0.29, 0.717) is 17.5 Å². The van der Waals surface area contributed by atoms with E-state index in [1.807, 2.05) is 23.1 Å². The molecule has 102 valence electrons.